The molecule has 1 aliphatic heterocycles. The van der Waals surface area contributed by atoms with Gasteiger partial charge in [0.1, 0.15) is 5.75 Å². The Balaban J connectivity index is 1.92. The molecule has 1 atom stereocenters. The van der Waals surface area contributed by atoms with E-state index in [0.717, 1.165) is 25.1 Å². The van der Waals surface area contributed by atoms with E-state index in [1.807, 2.05) is 0 Å². The second kappa shape index (κ2) is 6.23. The standard InChI is InChI=1S/C22H26N2O/c1-5-15-6-7-19(25-4)18(12-15)21-22-16(8-9-23-21)17-11-13(2)10-14(3)20(17)24-22/h6-7,10-12,21,23-24H,5,8-9H2,1-4H3. The fraction of sp³-hybridized carbons (Fsp3) is 0.364. The lowest BCUT2D eigenvalue weighted by atomic mass is 9.92. The molecule has 0 saturated heterocycles. The normalized spacial score (nSPS) is 16.9. The van der Waals surface area contributed by atoms with E-state index in [0.29, 0.717) is 0 Å². The molecule has 0 spiro atoms. The van der Waals surface area contributed by atoms with E-state index in [2.05, 4.69) is 61.4 Å². The van der Waals surface area contributed by atoms with Crippen LogP contribution in [-0.2, 0) is 12.8 Å². The number of aromatic amines is 1. The van der Waals surface area contributed by atoms with Crippen molar-refractivity contribution in [3.05, 3.63) is 63.8 Å². The molecule has 130 valence electrons. The zero-order valence-corrected chi connectivity index (χ0v) is 15.5. The Morgan fingerprint density at radius 1 is 1.16 bits per heavy atom. The summed E-state index contributed by atoms with van der Waals surface area (Å²) in [5, 5.41) is 5.08. The molecule has 0 bridgehead atoms. The molecule has 25 heavy (non-hydrogen) atoms. The predicted octanol–water partition coefficient (Wildman–Crippen LogP) is 4.59. The van der Waals surface area contributed by atoms with Crippen molar-refractivity contribution in [1.29, 1.82) is 0 Å². The lowest BCUT2D eigenvalue weighted by Gasteiger charge is -2.26. The van der Waals surface area contributed by atoms with Crippen molar-refractivity contribution in [3.8, 4) is 5.75 Å². The maximum atomic E-state index is 5.68. The first-order valence-corrected chi connectivity index (χ1v) is 9.14. The molecule has 2 heterocycles. The van der Waals surface area contributed by atoms with Crippen molar-refractivity contribution < 1.29 is 4.74 Å². The molecular formula is C22H26N2O. The van der Waals surface area contributed by atoms with Gasteiger partial charge in [0.2, 0.25) is 0 Å². The quantitative estimate of drug-likeness (QED) is 0.735. The van der Waals surface area contributed by atoms with Gasteiger partial charge in [-0.2, -0.15) is 0 Å². The van der Waals surface area contributed by atoms with Gasteiger partial charge in [-0.05, 0) is 55.5 Å². The van der Waals surface area contributed by atoms with Crippen LogP contribution >= 0.6 is 0 Å². The molecule has 2 N–H and O–H groups in total. The highest BCUT2D eigenvalue weighted by Crippen LogP contribution is 2.38. The minimum absolute atomic E-state index is 0.150. The molecular weight excluding hydrogens is 308 g/mol. The second-order valence-electron chi connectivity index (χ2n) is 7.09. The number of hydrogen-bond donors (Lipinski definition) is 2. The topological polar surface area (TPSA) is 37.0 Å². The van der Waals surface area contributed by atoms with E-state index in [-0.39, 0.29) is 6.04 Å². The molecule has 3 aromatic rings. The molecule has 2 aromatic carbocycles. The van der Waals surface area contributed by atoms with E-state index in [4.69, 9.17) is 4.74 Å². The van der Waals surface area contributed by atoms with E-state index < -0.39 is 0 Å². The molecule has 0 radical (unpaired) electrons. The van der Waals surface area contributed by atoms with Crippen LogP contribution in [-0.4, -0.2) is 18.6 Å². The Hall–Kier alpha value is -2.26. The molecule has 3 heteroatoms. The summed E-state index contributed by atoms with van der Waals surface area (Å²) in [5.74, 6) is 0.953. The van der Waals surface area contributed by atoms with Gasteiger partial charge in [0.25, 0.3) is 0 Å². The van der Waals surface area contributed by atoms with Crippen molar-refractivity contribution in [2.45, 2.75) is 39.7 Å². The number of rotatable bonds is 3. The summed E-state index contributed by atoms with van der Waals surface area (Å²) in [6, 6.07) is 11.3. The van der Waals surface area contributed by atoms with E-state index in [1.54, 1.807) is 7.11 Å². The molecule has 1 unspecified atom stereocenters. The third-order valence-corrected chi connectivity index (χ3v) is 5.42. The van der Waals surface area contributed by atoms with Gasteiger partial charge in [-0.25, -0.2) is 0 Å². The summed E-state index contributed by atoms with van der Waals surface area (Å²) in [7, 11) is 1.76. The average Bonchev–Trinajstić information content (AvgIpc) is 3.00. The van der Waals surface area contributed by atoms with Gasteiger partial charge >= 0.3 is 0 Å². The molecule has 0 amide bonds. The number of H-pyrrole nitrogens is 1. The number of methoxy groups -OCH3 is 1. The number of aromatic nitrogens is 1. The van der Waals surface area contributed by atoms with Crippen LogP contribution in [0.5, 0.6) is 5.75 Å². The van der Waals surface area contributed by atoms with E-state index in [1.165, 1.54) is 44.4 Å². The van der Waals surface area contributed by atoms with Gasteiger partial charge in [-0.1, -0.05) is 30.7 Å². The number of ether oxygens (including phenoxy) is 1. The maximum Gasteiger partial charge on any atom is 0.124 e. The van der Waals surface area contributed by atoms with Crippen LogP contribution < -0.4 is 10.1 Å². The summed E-state index contributed by atoms with van der Waals surface area (Å²) in [5.41, 5.74) is 9.23. The summed E-state index contributed by atoms with van der Waals surface area (Å²) in [4.78, 5) is 3.73. The van der Waals surface area contributed by atoms with Crippen LogP contribution in [0.2, 0.25) is 0 Å². The Kier molecular flexibility index (Phi) is 4.04. The van der Waals surface area contributed by atoms with Crippen LogP contribution in [0, 0.1) is 13.8 Å². The Morgan fingerprint density at radius 2 is 2.00 bits per heavy atom. The number of aryl methyl sites for hydroxylation is 3. The van der Waals surface area contributed by atoms with Crippen LogP contribution in [0.1, 0.15) is 46.5 Å². The Morgan fingerprint density at radius 3 is 2.76 bits per heavy atom. The highest BCUT2D eigenvalue weighted by Gasteiger charge is 2.28. The summed E-state index contributed by atoms with van der Waals surface area (Å²) in [6.07, 6.45) is 2.09. The monoisotopic (exact) mass is 334 g/mol. The lowest BCUT2D eigenvalue weighted by molar-refractivity contribution is 0.401. The Bertz CT molecular complexity index is 939. The van der Waals surface area contributed by atoms with Gasteiger partial charge in [0.15, 0.2) is 0 Å². The zero-order valence-electron chi connectivity index (χ0n) is 15.5. The van der Waals surface area contributed by atoms with Crippen molar-refractivity contribution in [2.24, 2.45) is 0 Å². The molecule has 0 fully saturated rings. The van der Waals surface area contributed by atoms with Gasteiger partial charge in [0, 0.05) is 28.7 Å². The minimum Gasteiger partial charge on any atom is -0.496 e. The zero-order chi connectivity index (χ0) is 17.6. The number of fused-ring (bicyclic) bond motifs is 3. The van der Waals surface area contributed by atoms with Crippen molar-refractivity contribution in [2.75, 3.05) is 13.7 Å². The molecule has 4 rings (SSSR count). The van der Waals surface area contributed by atoms with E-state index >= 15 is 0 Å². The fourth-order valence-electron chi connectivity index (χ4n) is 4.18. The molecule has 1 aromatic heterocycles. The Labute approximate surface area is 149 Å². The molecule has 0 saturated carbocycles. The highest BCUT2D eigenvalue weighted by molar-refractivity contribution is 5.88. The van der Waals surface area contributed by atoms with Gasteiger partial charge in [0.05, 0.1) is 13.2 Å². The first-order valence-electron chi connectivity index (χ1n) is 9.14. The average molecular weight is 334 g/mol. The third-order valence-electron chi connectivity index (χ3n) is 5.42. The van der Waals surface area contributed by atoms with Crippen LogP contribution in [0.15, 0.2) is 30.3 Å². The van der Waals surface area contributed by atoms with Crippen LogP contribution in [0.4, 0.5) is 0 Å². The molecule has 1 aliphatic rings. The number of hydrogen-bond acceptors (Lipinski definition) is 2. The maximum absolute atomic E-state index is 5.68. The first kappa shape index (κ1) is 16.2. The number of benzene rings is 2. The summed E-state index contributed by atoms with van der Waals surface area (Å²) < 4.78 is 5.68. The third kappa shape index (κ3) is 2.63. The number of nitrogens with one attached hydrogen (secondary N) is 2. The fourth-order valence-corrected chi connectivity index (χ4v) is 4.18. The van der Waals surface area contributed by atoms with E-state index in [9.17, 15) is 0 Å². The molecule has 0 aliphatic carbocycles. The van der Waals surface area contributed by atoms with Crippen molar-refractivity contribution in [1.82, 2.24) is 10.3 Å². The van der Waals surface area contributed by atoms with Gasteiger partial charge in [-0.3, -0.25) is 0 Å². The van der Waals surface area contributed by atoms with Gasteiger partial charge in [-0.15, -0.1) is 0 Å². The van der Waals surface area contributed by atoms with Gasteiger partial charge < -0.3 is 15.0 Å². The minimum atomic E-state index is 0.150. The second-order valence-corrected chi connectivity index (χ2v) is 7.09. The van der Waals surface area contributed by atoms with Crippen molar-refractivity contribution in [3.63, 3.8) is 0 Å². The largest absolute Gasteiger partial charge is 0.496 e. The SMILES string of the molecule is CCc1ccc(OC)c(C2NCCc3c2[nH]c2c(C)cc(C)cc32)c1. The first-order chi connectivity index (χ1) is 12.1. The smallest absolute Gasteiger partial charge is 0.124 e. The summed E-state index contributed by atoms with van der Waals surface area (Å²) in [6.45, 7) is 7.55. The molecule has 3 nitrogen and oxygen atoms in total. The van der Waals surface area contributed by atoms with Crippen LogP contribution in [0.3, 0.4) is 0 Å². The lowest BCUT2D eigenvalue weighted by Crippen LogP contribution is -2.30. The highest BCUT2D eigenvalue weighted by atomic mass is 16.5. The summed E-state index contributed by atoms with van der Waals surface area (Å²) >= 11 is 0. The van der Waals surface area contributed by atoms with Crippen LogP contribution in [0.25, 0.3) is 10.9 Å². The van der Waals surface area contributed by atoms with Crippen molar-refractivity contribution >= 4 is 10.9 Å². The predicted molar refractivity (Wildman–Crippen MR) is 104 cm³/mol.